The molecule has 10 heteroatoms. The second kappa shape index (κ2) is 11.1. The Bertz CT molecular complexity index is 1750. The number of ether oxygens (including phenoxy) is 3. The summed E-state index contributed by atoms with van der Waals surface area (Å²) in [4.78, 5) is 18.8. The zero-order chi connectivity index (χ0) is 28.5. The molecule has 2 N–H and O–H groups in total. The molecular formula is C31H27FN2O7. The van der Waals surface area contributed by atoms with Gasteiger partial charge < -0.3 is 28.8 Å². The van der Waals surface area contributed by atoms with Crippen LogP contribution in [0.25, 0.3) is 21.7 Å². The number of aromatic carboxylic acids is 1. The maximum Gasteiger partial charge on any atom is 0.339 e. The largest absolute Gasteiger partial charge is 0.507 e. The molecule has 41 heavy (non-hydrogen) atoms. The van der Waals surface area contributed by atoms with Gasteiger partial charge in [0.05, 0.1) is 26.4 Å². The predicted octanol–water partition coefficient (Wildman–Crippen LogP) is 5.53. The molecule has 0 aliphatic carbocycles. The van der Waals surface area contributed by atoms with Crippen LogP contribution in [0.5, 0.6) is 17.4 Å². The van der Waals surface area contributed by atoms with Gasteiger partial charge in [0.25, 0.3) is 0 Å². The first kappa shape index (κ1) is 26.5. The van der Waals surface area contributed by atoms with E-state index in [4.69, 9.17) is 18.6 Å². The Morgan fingerprint density at radius 2 is 1.90 bits per heavy atom. The molecule has 6 rings (SSSR count). The maximum atomic E-state index is 14.0. The molecule has 1 fully saturated rings. The van der Waals surface area contributed by atoms with E-state index < -0.39 is 17.8 Å². The van der Waals surface area contributed by atoms with Crippen LogP contribution >= 0.6 is 0 Å². The van der Waals surface area contributed by atoms with E-state index in [1.165, 1.54) is 25.5 Å². The lowest BCUT2D eigenvalue weighted by atomic mass is 9.89. The molecule has 9 nitrogen and oxygen atoms in total. The number of rotatable bonds is 8. The summed E-state index contributed by atoms with van der Waals surface area (Å²) in [6.45, 7) is 2.08. The van der Waals surface area contributed by atoms with E-state index >= 15 is 0 Å². The summed E-state index contributed by atoms with van der Waals surface area (Å²) in [7, 11) is 1.46. The number of phenols is 1. The van der Waals surface area contributed by atoms with Gasteiger partial charge in [-0.3, -0.25) is 4.90 Å². The van der Waals surface area contributed by atoms with Gasteiger partial charge in [0.1, 0.15) is 41.3 Å². The molecule has 1 aliphatic heterocycles. The Balaban J connectivity index is 1.49. The monoisotopic (exact) mass is 558 g/mol. The molecule has 0 spiro atoms. The number of carboxylic acid groups (broad SMARTS) is 1. The molecule has 0 saturated carbocycles. The number of phenolic OH excluding ortho intramolecular Hbond substituents is 1. The number of hydrogen-bond donors (Lipinski definition) is 2. The van der Waals surface area contributed by atoms with Crippen molar-refractivity contribution in [2.45, 2.75) is 12.6 Å². The van der Waals surface area contributed by atoms with E-state index in [9.17, 15) is 19.4 Å². The van der Waals surface area contributed by atoms with Gasteiger partial charge >= 0.3 is 5.97 Å². The van der Waals surface area contributed by atoms with Gasteiger partial charge in [0.15, 0.2) is 0 Å². The summed E-state index contributed by atoms with van der Waals surface area (Å²) in [6, 6.07) is 14.5. The Hall–Kier alpha value is -4.67. The Morgan fingerprint density at radius 1 is 1.12 bits per heavy atom. The minimum absolute atomic E-state index is 0.0281. The average Bonchev–Trinajstić information content (AvgIpc) is 3.44. The summed E-state index contributed by atoms with van der Waals surface area (Å²) < 4.78 is 36.5. The van der Waals surface area contributed by atoms with E-state index in [1.54, 1.807) is 36.5 Å². The Morgan fingerprint density at radius 3 is 2.66 bits per heavy atom. The van der Waals surface area contributed by atoms with Crippen LogP contribution in [0.15, 0.2) is 71.5 Å². The van der Waals surface area contributed by atoms with Crippen molar-refractivity contribution in [2.75, 3.05) is 33.4 Å². The summed E-state index contributed by atoms with van der Waals surface area (Å²) in [5.74, 6) is -0.972. The Kier molecular flexibility index (Phi) is 7.17. The minimum Gasteiger partial charge on any atom is -0.507 e. The molecule has 2 aromatic heterocycles. The van der Waals surface area contributed by atoms with Crippen molar-refractivity contribution < 1.29 is 38.0 Å². The number of benzene rings is 3. The summed E-state index contributed by atoms with van der Waals surface area (Å²) in [5, 5.41) is 23.3. The first-order valence-electron chi connectivity index (χ1n) is 13.1. The normalized spacial score (nSPS) is 14.8. The third kappa shape index (κ3) is 5.03. The Labute approximate surface area is 234 Å². The zero-order valence-electron chi connectivity index (χ0n) is 22.2. The smallest absolute Gasteiger partial charge is 0.339 e. The van der Waals surface area contributed by atoms with Crippen molar-refractivity contribution in [2.24, 2.45) is 0 Å². The standard InChI is InChI=1S/C31H27FN2O7/c1-38-21-13-18(12-20(32)15-21)16-40-25-14-19(6-7-33-25)28(34-8-10-39-11-9-34)27-26-24(31(36)37)17-41-30(26)23-5-3-2-4-22(23)29(27)35/h2-7,12-15,17,28,35H,8-11,16H2,1H3,(H,36,37). The second-order valence-electron chi connectivity index (χ2n) is 9.73. The minimum atomic E-state index is -1.16. The molecule has 1 saturated heterocycles. The molecule has 0 bridgehead atoms. The number of fused-ring (bicyclic) bond motifs is 3. The lowest BCUT2D eigenvalue weighted by Crippen LogP contribution is -2.39. The fourth-order valence-electron chi connectivity index (χ4n) is 5.45. The molecule has 5 aromatic rings. The van der Waals surface area contributed by atoms with Crippen LogP contribution in [0.4, 0.5) is 4.39 Å². The van der Waals surface area contributed by atoms with Gasteiger partial charge in [-0.15, -0.1) is 0 Å². The topological polar surface area (TPSA) is 114 Å². The molecule has 210 valence electrons. The second-order valence-corrected chi connectivity index (χ2v) is 9.73. The van der Waals surface area contributed by atoms with Gasteiger partial charge in [0.2, 0.25) is 5.88 Å². The number of carboxylic acids is 1. The van der Waals surface area contributed by atoms with E-state index in [-0.39, 0.29) is 23.8 Å². The highest BCUT2D eigenvalue weighted by Gasteiger charge is 2.33. The number of carbonyl (C=O) groups is 1. The summed E-state index contributed by atoms with van der Waals surface area (Å²) >= 11 is 0. The predicted molar refractivity (Wildman–Crippen MR) is 148 cm³/mol. The molecule has 1 aliphatic rings. The van der Waals surface area contributed by atoms with Crippen molar-refractivity contribution in [3.05, 3.63) is 95.1 Å². The average molecular weight is 559 g/mol. The van der Waals surface area contributed by atoms with E-state index in [0.29, 0.717) is 64.9 Å². The molecule has 1 unspecified atom stereocenters. The molecule has 3 heterocycles. The number of aromatic hydroxyl groups is 1. The van der Waals surface area contributed by atoms with Crippen LogP contribution in [0.1, 0.15) is 33.1 Å². The first-order valence-corrected chi connectivity index (χ1v) is 13.1. The van der Waals surface area contributed by atoms with Gasteiger partial charge in [0, 0.05) is 53.1 Å². The summed E-state index contributed by atoms with van der Waals surface area (Å²) in [6.07, 6.45) is 2.81. The number of furan rings is 1. The highest BCUT2D eigenvalue weighted by atomic mass is 19.1. The van der Waals surface area contributed by atoms with Gasteiger partial charge in [-0.25, -0.2) is 14.2 Å². The fourth-order valence-corrected chi connectivity index (χ4v) is 5.45. The van der Waals surface area contributed by atoms with Crippen LogP contribution in [0.2, 0.25) is 0 Å². The van der Waals surface area contributed by atoms with Gasteiger partial charge in [-0.2, -0.15) is 0 Å². The number of halogens is 1. The number of nitrogens with zero attached hydrogens (tertiary/aromatic N) is 2. The van der Waals surface area contributed by atoms with Crippen LogP contribution in [-0.4, -0.2) is 59.5 Å². The highest BCUT2D eigenvalue weighted by molar-refractivity contribution is 6.15. The lowest BCUT2D eigenvalue weighted by Gasteiger charge is -2.36. The molecule has 0 radical (unpaired) electrons. The quantitative estimate of drug-likeness (QED) is 0.254. The highest BCUT2D eigenvalue weighted by Crippen LogP contribution is 2.46. The van der Waals surface area contributed by atoms with Gasteiger partial charge in [-0.05, 0) is 29.3 Å². The lowest BCUT2D eigenvalue weighted by molar-refractivity contribution is 0.0238. The van der Waals surface area contributed by atoms with E-state index in [2.05, 4.69) is 9.88 Å². The van der Waals surface area contributed by atoms with Crippen molar-refractivity contribution >= 4 is 27.7 Å². The molecule has 1 atom stereocenters. The third-order valence-corrected chi connectivity index (χ3v) is 7.29. The van der Waals surface area contributed by atoms with E-state index in [0.717, 1.165) is 5.56 Å². The number of morpholine rings is 1. The van der Waals surface area contributed by atoms with Crippen LogP contribution in [0, 0.1) is 5.82 Å². The number of hydrogen-bond acceptors (Lipinski definition) is 8. The molecular weight excluding hydrogens is 531 g/mol. The molecule has 3 aromatic carbocycles. The van der Waals surface area contributed by atoms with Crippen molar-refractivity contribution in [3.63, 3.8) is 0 Å². The SMILES string of the molecule is COc1cc(F)cc(COc2cc(C(c3c(O)c4ccccc4c4occ(C(=O)O)c34)N3CCOCC3)ccn2)c1. The van der Waals surface area contributed by atoms with Crippen LogP contribution < -0.4 is 9.47 Å². The first-order chi connectivity index (χ1) is 19.9. The fraction of sp³-hybridized carbons (Fsp3) is 0.226. The van der Waals surface area contributed by atoms with Crippen molar-refractivity contribution in [1.29, 1.82) is 0 Å². The maximum absolute atomic E-state index is 14.0. The summed E-state index contributed by atoms with van der Waals surface area (Å²) in [5.41, 5.74) is 2.05. The van der Waals surface area contributed by atoms with Crippen molar-refractivity contribution in [1.82, 2.24) is 9.88 Å². The van der Waals surface area contributed by atoms with Crippen LogP contribution in [-0.2, 0) is 11.3 Å². The molecule has 0 amide bonds. The number of pyridine rings is 1. The third-order valence-electron chi connectivity index (χ3n) is 7.29. The van der Waals surface area contributed by atoms with Gasteiger partial charge in [-0.1, -0.05) is 24.3 Å². The number of aromatic nitrogens is 1. The van der Waals surface area contributed by atoms with E-state index in [1.807, 2.05) is 12.1 Å². The number of methoxy groups -OCH3 is 1. The zero-order valence-corrected chi connectivity index (χ0v) is 22.2. The van der Waals surface area contributed by atoms with Crippen LogP contribution in [0.3, 0.4) is 0 Å². The van der Waals surface area contributed by atoms with Crippen molar-refractivity contribution in [3.8, 4) is 17.4 Å².